The first-order chi connectivity index (χ1) is 13.6. The third-order valence-electron chi connectivity index (χ3n) is 6.15. The van der Waals surface area contributed by atoms with Crippen molar-refractivity contribution in [2.75, 3.05) is 12.4 Å². The van der Waals surface area contributed by atoms with Crippen molar-refractivity contribution >= 4 is 29.0 Å². The zero-order valence-corrected chi connectivity index (χ0v) is 18.7. The number of benzene rings is 1. The molecule has 0 spiro atoms. The largest absolute Gasteiger partial charge is 0.365 e. The van der Waals surface area contributed by atoms with Crippen molar-refractivity contribution in [2.24, 2.45) is 11.7 Å². The van der Waals surface area contributed by atoms with Crippen LogP contribution in [0, 0.1) is 5.92 Å². The van der Waals surface area contributed by atoms with Crippen LogP contribution in [-0.2, 0) is 0 Å². The number of nitrogens with one attached hydrogen (secondary N) is 1. The molecule has 3 rings (SSSR count). The van der Waals surface area contributed by atoms with E-state index in [-0.39, 0.29) is 11.6 Å². The summed E-state index contributed by atoms with van der Waals surface area (Å²) in [5.74, 6) is 0.449. The van der Waals surface area contributed by atoms with E-state index in [2.05, 4.69) is 45.0 Å². The molecule has 3 atom stereocenters. The summed E-state index contributed by atoms with van der Waals surface area (Å²) < 4.78 is 1.93. The van der Waals surface area contributed by atoms with Gasteiger partial charge in [-0.1, -0.05) is 18.5 Å². The maximum absolute atomic E-state index is 12.0. The molecule has 1 aliphatic carbocycles. The zero-order valence-electron chi connectivity index (χ0n) is 17.9. The molecule has 1 fully saturated rings. The average Bonchev–Trinajstić information content (AvgIpc) is 3.06. The number of primary amides is 1. The van der Waals surface area contributed by atoms with Gasteiger partial charge in [-0.15, -0.1) is 0 Å². The molecule has 1 saturated carbocycles. The Morgan fingerprint density at radius 2 is 1.93 bits per heavy atom. The summed E-state index contributed by atoms with van der Waals surface area (Å²) in [4.78, 5) is 14.5. The van der Waals surface area contributed by atoms with Crippen molar-refractivity contribution in [3.8, 4) is 0 Å². The predicted octanol–water partition coefficient (Wildman–Crippen LogP) is 4.84. The molecule has 1 aliphatic rings. The molecule has 158 valence electrons. The second kappa shape index (κ2) is 8.36. The van der Waals surface area contributed by atoms with Gasteiger partial charge >= 0.3 is 0 Å². The molecule has 6 nitrogen and oxygen atoms in total. The lowest BCUT2D eigenvalue weighted by Gasteiger charge is -2.44. The fraction of sp³-hybridized carbons (Fsp3) is 0.545. The van der Waals surface area contributed by atoms with Gasteiger partial charge in [0.1, 0.15) is 5.56 Å². The molecule has 2 aromatic rings. The third-order valence-corrected chi connectivity index (χ3v) is 6.40. The van der Waals surface area contributed by atoms with Crippen molar-refractivity contribution in [3.05, 3.63) is 41.0 Å². The molecule has 0 bridgehead atoms. The molecule has 0 aliphatic heterocycles. The van der Waals surface area contributed by atoms with Gasteiger partial charge in [0.05, 0.1) is 6.04 Å². The second-order valence-corrected chi connectivity index (χ2v) is 9.60. The van der Waals surface area contributed by atoms with Crippen molar-refractivity contribution in [1.82, 2.24) is 14.7 Å². The number of carbonyl (C=O) groups is 1. The summed E-state index contributed by atoms with van der Waals surface area (Å²) in [5.41, 5.74) is 6.98. The highest BCUT2D eigenvalue weighted by Crippen LogP contribution is 2.37. The molecule has 0 unspecified atom stereocenters. The fourth-order valence-corrected chi connectivity index (χ4v) is 4.27. The van der Waals surface area contributed by atoms with Crippen LogP contribution in [0.4, 0.5) is 11.5 Å². The zero-order chi connectivity index (χ0) is 21.3. The molecule has 0 radical (unpaired) electrons. The molecular weight excluding hydrogens is 386 g/mol. The molecule has 3 N–H and O–H groups in total. The maximum atomic E-state index is 12.0. The first kappa shape index (κ1) is 21.7. The molecular formula is C22H32ClN5O. The van der Waals surface area contributed by atoms with Crippen LogP contribution in [0.15, 0.2) is 30.5 Å². The first-order valence-corrected chi connectivity index (χ1v) is 10.6. The Kier molecular flexibility index (Phi) is 6.24. The number of nitrogens with zero attached hydrogens (tertiary/aromatic N) is 3. The van der Waals surface area contributed by atoms with Crippen LogP contribution in [0.25, 0.3) is 0 Å². The number of halogens is 1. The number of amides is 1. The van der Waals surface area contributed by atoms with Crippen LogP contribution in [0.3, 0.4) is 0 Å². The van der Waals surface area contributed by atoms with Gasteiger partial charge in [0.15, 0.2) is 5.82 Å². The minimum Gasteiger partial charge on any atom is -0.365 e. The van der Waals surface area contributed by atoms with E-state index >= 15 is 0 Å². The molecule has 1 aromatic carbocycles. The molecule has 7 heteroatoms. The third kappa shape index (κ3) is 4.93. The molecule has 29 heavy (non-hydrogen) atoms. The van der Waals surface area contributed by atoms with E-state index in [1.807, 2.05) is 16.8 Å². The van der Waals surface area contributed by atoms with E-state index in [0.717, 1.165) is 24.9 Å². The minimum atomic E-state index is -0.485. The Bertz CT molecular complexity index is 855. The Labute approximate surface area is 178 Å². The van der Waals surface area contributed by atoms with E-state index in [1.54, 1.807) is 18.3 Å². The number of hydrogen-bond acceptors (Lipinski definition) is 4. The maximum Gasteiger partial charge on any atom is 0.254 e. The van der Waals surface area contributed by atoms with Crippen molar-refractivity contribution in [2.45, 2.75) is 64.6 Å². The number of hydrogen-bond donors (Lipinski definition) is 2. The van der Waals surface area contributed by atoms with Crippen LogP contribution >= 0.6 is 11.6 Å². The average molecular weight is 418 g/mol. The number of carbonyl (C=O) groups excluding carboxylic acids is 1. The predicted molar refractivity (Wildman–Crippen MR) is 119 cm³/mol. The highest BCUT2D eigenvalue weighted by molar-refractivity contribution is 6.30. The number of aromatic nitrogens is 2. The second-order valence-electron chi connectivity index (χ2n) is 9.16. The van der Waals surface area contributed by atoms with Crippen LogP contribution in [0.2, 0.25) is 5.02 Å². The van der Waals surface area contributed by atoms with Crippen LogP contribution in [0.5, 0.6) is 0 Å². The molecule has 1 heterocycles. The summed E-state index contributed by atoms with van der Waals surface area (Å²) in [6, 6.07) is 8.09. The minimum absolute atomic E-state index is 0.151. The van der Waals surface area contributed by atoms with Crippen molar-refractivity contribution in [3.63, 3.8) is 0 Å². The molecule has 1 aromatic heterocycles. The van der Waals surface area contributed by atoms with Crippen molar-refractivity contribution in [1.29, 1.82) is 0 Å². The number of nitrogens with two attached hydrogens (primary N) is 1. The van der Waals surface area contributed by atoms with Gasteiger partial charge in [-0.05, 0) is 77.3 Å². The molecule has 0 saturated heterocycles. The van der Waals surface area contributed by atoms with Gasteiger partial charge in [-0.2, -0.15) is 5.10 Å². The highest BCUT2D eigenvalue weighted by atomic mass is 35.5. The Morgan fingerprint density at radius 1 is 1.28 bits per heavy atom. The quantitative estimate of drug-likeness (QED) is 0.729. The van der Waals surface area contributed by atoms with E-state index < -0.39 is 5.91 Å². The van der Waals surface area contributed by atoms with Gasteiger partial charge in [0, 0.05) is 28.5 Å². The monoisotopic (exact) mass is 417 g/mol. The lowest BCUT2D eigenvalue weighted by molar-refractivity contribution is 0.0582. The summed E-state index contributed by atoms with van der Waals surface area (Å²) >= 11 is 5.96. The highest BCUT2D eigenvalue weighted by Gasteiger charge is 2.35. The van der Waals surface area contributed by atoms with E-state index in [0.29, 0.717) is 28.4 Å². The number of rotatable bonds is 5. The summed E-state index contributed by atoms with van der Waals surface area (Å²) in [7, 11) is 2.21. The van der Waals surface area contributed by atoms with E-state index in [1.165, 1.54) is 0 Å². The smallest absolute Gasteiger partial charge is 0.254 e. The Morgan fingerprint density at radius 3 is 2.48 bits per heavy atom. The lowest BCUT2D eigenvalue weighted by Crippen LogP contribution is -2.48. The number of anilines is 2. The van der Waals surface area contributed by atoms with Gasteiger partial charge in [0.25, 0.3) is 5.91 Å². The van der Waals surface area contributed by atoms with Crippen LogP contribution < -0.4 is 11.1 Å². The van der Waals surface area contributed by atoms with E-state index in [9.17, 15) is 4.79 Å². The fourth-order valence-electron chi connectivity index (χ4n) is 4.15. The van der Waals surface area contributed by atoms with Gasteiger partial charge in [-0.3, -0.25) is 14.4 Å². The normalized spacial score (nSPS) is 22.7. The van der Waals surface area contributed by atoms with Gasteiger partial charge in [0.2, 0.25) is 0 Å². The summed E-state index contributed by atoms with van der Waals surface area (Å²) in [5, 5.41) is 8.56. The Hall–Kier alpha value is -2.05. The SMILES string of the molecule is C[C@H]1C[C@@H](N(C)C(C)(C)C)CC[C@@H]1n1cc(C(N)=O)c(Nc2ccc(Cl)cc2)n1. The van der Waals surface area contributed by atoms with E-state index in [4.69, 9.17) is 22.4 Å². The van der Waals surface area contributed by atoms with Crippen LogP contribution in [-0.4, -0.2) is 39.2 Å². The van der Waals surface area contributed by atoms with Crippen LogP contribution in [0.1, 0.15) is 63.4 Å². The first-order valence-electron chi connectivity index (χ1n) is 10.2. The Balaban J connectivity index is 1.79. The molecule has 1 amide bonds. The summed E-state index contributed by atoms with van der Waals surface area (Å²) in [6.45, 7) is 9.03. The lowest BCUT2D eigenvalue weighted by atomic mass is 9.81. The topological polar surface area (TPSA) is 76.2 Å². The standard InChI is InChI=1S/C22H32ClN5O/c1-14-12-17(27(5)22(2,3)4)10-11-19(14)28-13-18(20(24)29)21(26-28)25-16-8-6-15(23)7-9-16/h6-9,13-14,17,19H,10-12H2,1-5H3,(H2,24,29)(H,25,26)/t14-,17-,19-/m0/s1. The van der Waals surface area contributed by atoms with Crippen molar-refractivity contribution < 1.29 is 4.79 Å². The van der Waals surface area contributed by atoms with Gasteiger partial charge in [-0.25, -0.2) is 0 Å². The summed E-state index contributed by atoms with van der Waals surface area (Å²) in [6.07, 6.45) is 5.01. The van der Waals surface area contributed by atoms with Gasteiger partial charge < -0.3 is 11.1 Å².